The number of benzene rings is 1. The number of aromatic amines is 1. The molecular weight excluding hydrogens is 352 g/mol. The smallest absolute Gasteiger partial charge is 0.303 e. The fourth-order valence-electron chi connectivity index (χ4n) is 2.98. The maximum Gasteiger partial charge on any atom is 0.303 e. The van der Waals surface area contributed by atoms with E-state index in [-0.39, 0.29) is 18.1 Å². The fourth-order valence-corrected chi connectivity index (χ4v) is 2.98. The molecule has 0 aliphatic carbocycles. The SMILES string of the molecule is O=C(O)CCCCCCOc1cc2c(=O)[nH]cnc2cc1O[C@@H]1CCOC1. The van der Waals surface area contributed by atoms with Crippen LogP contribution >= 0.6 is 0 Å². The van der Waals surface area contributed by atoms with Crippen LogP contribution in [0.4, 0.5) is 0 Å². The second-order valence-corrected chi connectivity index (χ2v) is 6.56. The number of nitrogens with one attached hydrogen (secondary N) is 1. The van der Waals surface area contributed by atoms with Crippen LogP contribution in [0.1, 0.15) is 38.5 Å². The number of nitrogens with zero attached hydrogens (tertiary/aromatic N) is 1. The average Bonchev–Trinajstić information content (AvgIpc) is 3.14. The molecule has 2 heterocycles. The third-order valence-electron chi connectivity index (χ3n) is 4.43. The Bertz CT molecular complexity index is 829. The lowest BCUT2D eigenvalue weighted by Crippen LogP contribution is -2.17. The normalized spacial score (nSPS) is 16.5. The summed E-state index contributed by atoms with van der Waals surface area (Å²) in [6, 6.07) is 3.39. The van der Waals surface area contributed by atoms with Gasteiger partial charge in [-0.1, -0.05) is 12.8 Å². The Morgan fingerprint density at radius 2 is 2.11 bits per heavy atom. The molecule has 1 saturated heterocycles. The van der Waals surface area contributed by atoms with E-state index in [1.807, 2.05) is 0 Å². The molecule has 0 bridgehead atoms. The summed E-state index contributed by atoms with van der Waals surface area (Å²) >= 11 is 0. The highest BCUT2D eigenvalue weighted by molar-refractivity contribution is 5.81. The van der Waals surface area contributed by atoms with Gasteiger partial charge in [-0.3, -0.25) is 9.59 Å². The van der Waals surface area contributed by atoms with E-state index in [2.05, 4.69) is 9.97 Å². The van der Waals surface area contributed by atoms with E-state index >= 15 is 0 Å². The van der Waals surface area contributed by atoms with Gasteiger partial charge in [0.15, 0.2) is 11.5 Å². The summed E-state index contributed by atoms with van der Waals surface area (Å²) in [5.41, 5.74) is 0.322. The number of unbranched alkanes of at least 4 members (excludes halogenated alkanes) is 3. The molecule has 146 valence electrons. The highest BCUT2D eigenvalue weighted by atomic mass is 16.6. The van der Waals surface area contributed by atoms with Crippen LogP contribution in [-0.4, -0.2) is 47.0 Å². The van der Waals surface area contributed by atoms with Crippen LogP contribution in [0.2, 0.25) is 0 Å². The zero-order valence-corrected chi connectivity index (χ0v) is 15.1. The molecule has 2 aromatic rings. The van der Waals surface area contributed by atoms with Gasteiger partial charge in [-0.25, -0.2) is 4.98 Å². The highest BCUT2D eigenvalue weighted by Crippen LogP contribution is 2.32. The third-order valence-corrected chi connectivity index (χ3v) is 4.43. The maximum absolute atomic E-state index is 12.0. The minimum atomic E-state index is -0.765. The minimum Gasteiger partial charge on any atom is -0.490 e. The monoisotopic (exact) mass is 376 g/mol. The quantitative estimate of drug-likeness (QED) is 0.613. The molecule has 27 heavy (non-hydrogen) atoms. The summed E-state index contributed by atoms with van der Waals surface area (Å²) in [6.07, 6.45) is 5.53. The number of hydrogen-bond acceptors (Lipinski definition) is 6. The number of carbonyl (C=O) groups is 1. The summed E-state index contributed by atoms with van der Waals surface area (Å²) in [5, 5.41) is 9.09. The molecule has 0 saturated carbocycles. The van der Waals surface area contributed by atoms with Crippen LogP contribution in [-0.2, 0) is 9.53 Å². The zero-order valence-electron chi connectivity index (χ0n) is 15.1. The molecule has 1 aliphatic rings. The number of carboxylic acid groups (broad SMARTS) is 1. The third kappa shape index (κ3) is 5.43. The van der Waals surface area contributed by atoms with Crippen molar-refractivity contribution in [3.63, 3.8) is 0 Å². The van der Waals surface area contributed by atoms with Gasteiger partial charge in [-0.2, -0.15) is 0 Å². The largest absolute Gasteiger partial charge is 0.490 e. The Morgan fingerprint density at radius 1 is 1.26 bits per heavy atom. The number of carboxylic acids is 1. The first-order valence-electron chi connectivity index (χ1n) is 9.24. The summed E-state index contributed by atoms with van der Waals surface area (Å²) in [6.45, 7) is 1.67. The molecule has 1 atom stereocenters. The van der Waals surface area contributed by atoms with Gasteiger partial charge >= 0.3 is 5.97 Å². The van der Waals surface area contributed by atoms with Crippen LogP contribution in [0.3, 0.4) is 0 Å². The average molecular weight is 376 g/mol. The lowest BCUT2D eigenvalue weighted by molar-refractivity contribution is -0.137. The molecular formula is C19H24N2O6. The maximum atomic E-state index is 12.0. The predicted molar refractivity (Wildman–Crippen MR) is 98.4 cm³/mol. The number of H-pyrrole nitrogens is 1. The Kier molecular flexibility index (Phi) is 6.64. The van der Waals surface area contributed by atoms with Crippen molar-refractivity contribution in [3.8, 4) is 11.5 Å². The molecule has 1 aromatic heterocycles. The molecule has 8 heteroatoms. The standard InChI is InChI=1S/C19H24N2O6/c22-18(23)5-3-1-2-4-7-26-16-9-14-15(20-12-21-19(14)24)10-17(16)27-13-6-8-25-11-13/h9-10,12-13H,1-8,11H2,(H,22,23)(H,20,21,24)/t13-/m1/s1. The van der Waals surface area contributed by atoms with Gasteiger partial charge in [-0.05, 0) is 18.9 Å². The molecule has 0 amide bonds. The van der Waals surface area contributed by atoms with Crippen molar-refractivity contribution in [2.45, 2.75) is 44.6 Å². The molecule has 2 N–H and O–H groups in total. The van der Waals surface area contributed by atoms with Gasteiger partial charge < -0.3 is 24.3 Å². The van der Waals surface area contributed by atoms with Crippen molar-refractivity contribution in [1.82, 2.24) is 9.97 Å². The van der Waals surface area contributed by atoms with E-state index in [4.69, 9.17) is 19.3 Å². The lowest BCUT2D eigenvalue weighted by atomic mass is 10.1. The van der Waals surface area contributed by atoms with E-state index in [1.165, 1.54) is 6.33 Å². The molecule has 1 aliphatic heterocycles. The second kappa shape index (κ2) is 9.36. The number of fused-ring (bicyclic) bond motifs is 1. The van der Waals surface area contributed by atoms with Crippen LogP contribution in [0.5, 0.6) is 11.5 Å². The summed E-state index contributed by atoms with van der Waals surface area (Å²) in [5.74, 6) is 0.305. The van der Waals surface area contributed by atoms with Crippen LogP contribution < -0.4 is 15.0 Å². The molecule has 1 aromatic carbocycles. The first kappa shape index (κ1) is 19.2. The van der Waals surface area contributed by atoms with Gasteiger partial charge in [-0.15, -0.1) is 0 Å². The van der Waals surface area contributed by atoms with Crippen LogP contribution in [0.25, 0.3) is 10.9 Å². The second-order valence-electron chi connectivity index (χ2n) is 6.56. The van der Waals surface area contributed by atoms with E-state index in [1.54, 1.807) is 12.1 Å². The van der Waals surface area contributed by atoms with Crippen molar-refractivity contribution in [3.05, 3.63) is 28.8 Å². The Labute approximate surface area is 156 Å². The lowest BCUT2D eigenvalue weighted by Gasteiger charge is -2.17. The van der Waals surface area contributed by atoms with Crippen molar-refractivity contribution >= 4 is 16.9 Å². The van der Waals surface area contributed by atoms with Gasteiger partial charge in [0.05, 0.1) is 37.1 Å². The zero-order chi connectivity index (χ0) is 19.1. The molecule has 1 fully saturated rings. The number of hydrogen-bond donors (Lipinski definition) is 2. The van der Waals surface area contributed by atoms with Gasteiger partial charge in [0.1, 0.15) is 6.10 Å². The van der Waals surface area contributed by atoms with Crippen molar-refractivity contribution in [2.75, 3.05) is 19.8 Å². The Balaban J connectivity index is 1.64. The van der Waals surface area contributed by atoms with Gasteiger partial charge in [0.25, 0.3) is 5.56 Å². The fraction of sp³-hybridized carbons (Fsp3) is 0.526. The predicted octanol–water partition coefficient (Wildman–Crippen LogP) is 2.50. The first-order chi connectivity index (χ1) is 13.1. The van der Waals surface area contributed by atoms with E-state index in [0.29, 0.717) is 48.6 Å². The van der Waals surface area contributed by atoms with Crippen molar-refractivity contribution in [1.29, 1.82) is 0 Å². The Morgan fingerprint density at radius 3 is 2.89 bits per heavy atom. The van der Waals surface area contributed by atoms with Crippen molar-refractivity contribution in [2.24, 2.45) is 0 Å². The van der Waals surface area contributed by atoms with Crippen LogP contribution in [0, 0.1) is 0 Å². The topological polar surface area (TPSA) is 111 Å². The Hall–Kier alpha value is -2.61. The molecule has 0 spiro atoms. The molecule has 0 radical (unpaired) electrons. The van der Waals surface area contributed by atoms with E-state index in [0.717, 1.165) is 25.7 Å². The number of aliphatic carboxylic acids is 1. The number of rotatable bonds is 10. The van der Waals surface area contributed by atoms with Crippen LogP contribution in [0.15, 0.2) is 23.3 Å². The minimum absolute atomic E-state index is 0.0391. The number of ether oxygens (including phenoxy) is 3. The molecule has 8 nitrogen and oxygen atoms in total. The summed E-state index contributed by atoms with van der Waals surface area (Å²) in [4.78, 5) is 29.3. The molecule has 3 rings (SSSR count). The van der Waals surface area contributed by atoms with Gasteiger partial charge in [0, 0.05) is 18.9 Å². The first-order valence-corrected chi connectivity index (χ1v) is 9.24. The summed E-state index contributed by atoms with van der Waals surface area (Å²) < 4.78 is 17.2. The van der Waals surface area contributed by atoms with E-state index in [9.17, 15) is 9.59 Å². The summed E-state index contributed by atoms with van der Waals surface area (Å²) in [7, 11) is 0. The van der Waals surface area contributed by atoms with Crippen molar-refractivity contribution < 1.29 is 24.1 Å². The van der Waals surface area contributed by atoms with E-state index < -0.39 is 5.97 Å². The highest BCUT2D eigenvalue weighted by Gasteiger charge is 2.20. The molecule has 0 unspecified atom stereocenters. The number of aromatic nitrogens is 2. The van der Waals surface area contributed by atoms with Gasteiger partial charge in [0.2, 0.25) is 0 Å².